The Hall–Kier alpha value is -3.60. The van der Waals surface area contributed by atoms with Gasteiger partial charge in [0.05, 0.1) is 27.8 Å². The Bertz CT molecular complexity index is 1560. The van der Waals surface area contributed by atoms with Crippen molar-refractivity contribution in [1.29, 1.82) is 0 Å². The Morgan fingerprint density at radius 3 is 2.31 bits per heavy atom. The number of nitrogens with one attached hydrogen (secondary N) is 1. The van der Waals surface area contributed by atoms with Gasteiger partial charge in [-0.3, -0.25) is 9.59 Å². The van der Waals surface area contributed by atoms with Crippen molar-refractivity contribution in [2.75, 3.05) is 19.0 Å². The van der Waals surface area contributed by atoms with Crippen LogP contribution in [0, 0.1) is 0 Å². The molecule has 5 aromatic rings. The van der Waals surface area contributed by atoms with Crippen LogP contribution >= 0.6 is 0 Å². The highest BCUT2D eigenvalue weighted by molar-refractivity contribution is 6.05. The Morgan fingerprint density at radius 1 is 0.828 bits per heavy atom. The van der Waals surface area contributed by atoms with Crippen LogP contribution in [0.4, 0.5) is 5.69 Å². The number of benzene rings is 3. The Kier molecular flexibility index (Phi) is 3.74. The van der Waals surface area contributed by atoms with Gasteiger partial charge in [0.1, 0.15) is 0 Å². The average Bonchev–Trinajstić information content (AvgIpc) is 2.73. The van der Waals surface area contributed by atoms with Gasteiger partial charge in [-0.1, -0.05) is 18.2 Å². The van der Waals surface area contributed by atoms with Crippen molar-refractivity contribution in [3.05, 3.63) is 75.0 Å². The second kappa shape index (κ2) is 6.21. The minimum absolute atomic E-state index is 0.0101. The molecule has 0 atom stereocenters. The second-order valence-electron chi connectivity index (χ2n) is 7.55. The summed E-state index contributed by atoms with van der Waals surface area (Å²) >= 11 is 0. The molecular formula is C24H21N3O2. The first-order valence-corrected chi connectivity index (χ1v) is 9.72. The fourth-order valence-electron chi connectivity index (χ4n) is 4.31. The van der Waals surface area contributed by atoms with Crippen LogP contribution in [0.1, 0.15) is 6.92 Å². The predicted molar refractivity (Wildman–Crippen MR) is 121 cm³/mol. The molecule has 0 radical (unpaired) electrons. The number of aryl methyl sites for hydroxylation is 1. The predicted octanol–water partition coefficient (Wildman–Crippen LogP) is 4.24. The summed E-state index contributed by atoms with van der Waals surface area (Å²) in [7, 11) is 3.90. The molecule has 2 aromatic heterocycles. The molecule has 29 heavy (non-hydrogen) atoms. The Morgan fingerprint density at radius 2 is 1.55 bits per heavy atom. The van der Waals surface area contributed by atoms with E-state index in [4.69, 9.17) is 0 Å². The lowest BCUT2D eigenvalue weighted by Gasteiger charge is -2.17. The highest BCUT2D eigenvalue weighted by atomic mass is 16.1. The van der Waals surface area contributed by atoms with Crippen LogP contribution in [0.15, 0.2) is 64.2 Å². The van der Waals surface area contributed by atoms with Gasteiger partial charge in [-0.15, -0.1) is 0 Å². The van der Waals surface area contributed by atoms with E-state index in [0.717, 1.165) is 22.2 Å². The lowest BCUT2D eigenvalue weighted by Crippen LogP contribution is -2.14. The average molecular weight is 383 g/mol. The van der Waals surface area contributed by atoms with Gasteiger partial charge in [0.15, 0.2) is 10.9 Å². The molecule has 0 spiro atoms. The van der Waals surface area contributed by atoms with E-state index in [0.29, 0.717) is 33.6 Å². The molecule has 0 saturated carbocycles. The number of anilines is 1. The maximum atomic E-state index is 13.3. The van der Waals surface area contributed by atoms with E-state index >= 15 is 0 Å². The summed E-state index contributed by atoms with van der Waals surface area (Å²) < 4.78 is 2.10. The van der Waals surface area contributed by atoms with Crippen molar-refractivity contribution in [1.82, 2.24) is 9.55 Å². The molecule has 0 amide bonds. The van der Waals surface area contributed by atoms with Crippen molar-refractivity contribution in [2.24, 2.45) is 0 Å². The highest BCUT2D eigenvalue weighted by Gasteiger charge is 2.15. The largest absolute Gasteiger partial charge is 0.376 e. The molecular weight excluding hydrogens is 362 g/mol. The Balaban J connectivity index is 2.03. The third-order valence-corrected chi connectivity index (χ3v) is 5.70. The van der Waals surface area contributed by atoms with E-state index < -0.39 is 0 Å². The summed E-state index contributed by atoms with van der Waals surface area (Å²) in [6.45, 7) is 2.76. The molecule has 0 aliphatic heterocycles. The van der Waals surface area contributed by atoms with E-state index in [-0.39, 0.29) is 10.9 Å². The number of aromatic amines is 1. The maximum absolute atomic E-state index is 13.3. The lowest BCUT2D eigenvalue weighted by molar-refractivity contribution is 0.821. The molecule has 144 valence electrons. The van der Waals surface area contributed by atoms with Crippen LogP contribution < -0.4 is 15.8 Å². The number of rotatable bonds is 2. The normalized spacial score (nSPS) is 11.7. The minimum Gasteiger partial charge on any atom is -0.376 e. The van der Waals surface area contributed by atoms with Crippen LogP contribution in [-0.4, -0.2) is 23.6 Å². The smallest absolute Gasteiger partial charge is 0.197 e. The first kappa shape index (κ1) is 17.5. The summed E-state index contributed by atoms with van der Waals surface area (Å²) in [5, 5.41) is 2.56. The quantitative estimate of drug-likeness (QED) is 0.464. The maximum Gasteiger partial charge on any atom is 0.197 e. The number of fused-ring (bicyclic) bond motifs is 4. The van der Waals surface area contributed by atoms with Crippen LogP contribution in [0.3, 0.4) is 0 Å². The molecule has 0 aliphatic rings. The molecule has 5 nitrogen and oxygen atoms in total. The fourth-order valence-corrected chi connectivity index (χ4v) is 4.31. The molecule has 2 heterocycles. The number of hydrogen-bond donors (Lipinski definition) is 1. The molecule has 3 aromatic carbocycles. The molecule has 5 heteroatoms. The highest BCUT2D eigenvalue weighted by Crippen LogP contribution is 2.27. The zero-order valence-electron chi connectivity index (χ0n) is 16.6. The zero-order valence-corrected chi connectivity index (χ0v) is 16.6. The molecule has 0 saturated heterocycles. The van der Waals surface area contributed by atoms with Crippen LogP contribution in [0.5, 0.6) is 0 Å². The van der Waals surface area contributed by atoms with Gasteiger partial charge in [0, 0.05) is 42.2 Å². The second-order valence-corrected chi connectivity index (χ2v) is 7.55. The third-order valence-electron chi connectivity index (χ3n) is 5.70. The summed E-state index contributed by atoms with van der Waals surface area (Å²) in [6, 6.07) is 17.1. The van der Waals surface area contributed by atoms with Crippen molar-refractivity contribution < 1.29 is 0 Å². The van der Waals surface area contributed by atoms with Crippen LogP contribution in [-0.2, 0) is 6.54 Å². The number of H-pyrrole nitrogens is 1. The zero-order chi connectivity index (χ0) is 20.3. The number of hydrogen-bond acceptors (Lipinski definition) is 3. The van der Waals surface area contributed by atoms with Crippen molar-refractivity contribution in [3.8, 4) is 0 Å². The summed E-state index contributed by atoms with van der Waals surface area (Å²) in [6.07, 6.45) is 0. The molecule has 0 fully saturated rings. The number of para-hydroxylation sites is 2. The fraction of sp³-hybridized carbons (Fsp3) is 0.167. The molecule has 0 unspecified atom stereocenters. The van der Waals surface area contributed by atoms with Crippen molar-refractivity contribution in [2.45, 2.75) is 13.5 Å². The standard InChI is InChI=1S/C24H21N3O2/c1-4-27-19-10-6-5-8-14(19)23(28)17-12-18-16(13-21(17)27)24(29)15-9-7-11-20(26(2)3)22(15)25-18/h5-13H,4H2,1-3H3,(H,25,29). The molecule has 1 N–H and O–H groups in total. The topological polar surface area (TPSA) is 58.1 Å². The molecule has 0 bridgehead atoms. The minimum atomic E-state index is -0.0254. The number of nitrogens with zero attached hydrogens (tertiary/aromatic N) is 2. The van der Waals surface area contributed by atoms with Gasteiger partial charge in [-0.2, -0.15) is 0 Å². The van der Waals surface area contributed by atoms with Gasteiger partial charge < -0.3 is 14.5 Å². The first-order valence-electron chi connectivity index (χ1n) is 9.72. The number of pyridine rings is 2. The third kappa shape index (κ3) is 2.40. The van der Waals surface area contributed by atoms with E-state index in [2.05, 4.69) is 16.5 Å². The van der Waals surface area contributed by atoms with Gasteiger partial charge in [-0.05, 0) is 43.3 Å². The number of aromatic nitrogens is 2. The summed E-state index contributed by atoms with van der Waals surface area (Å²) in [5.74, 6) is 0. The summed E-state index contributed by atoms with van der Waals surface area (Å²) in [5.41, 5.74) is 4.04. The first-order chi connectivity index (χ1) is 14.0. The van der Waals surface area contributed by atoms with E-state index in [1.54, 1.807) is 0 Å². The van der Waals surface area contributed by atoms with Crippen molar-refractivity contribution in [3.63, 3.8) is 0 Å². The summed E-state index contributed by atoms with van der Waals surface area (Å²) in [4.78, 5) is 31.9. The van der Waals surface area contributed by atoms with Gasteiger partial charge >= 0.3 is 0 Å². The van der Waals surface area contributed by atoms with Gasteiger partial charge in [0.25, 0.3) is 0 Å². The Labute approximate surface area is 166 Å². The molecule has 5 rings (SSSR count). The monoisotopic (exact) mass is 383 g/mol. The van der Waals surface area contributed by atoms with Crippen molar-refractivity contribution >= 4 is 49.3 Å². The van der Waals surface area contributed by atoms with Gasteiger partial charge in [-0.25, -0.2) is 0 Å². The van der Waals surface area contributed by atoms with E-state index in [1.165, 1.54) is 0 Å². The lowest BCUT2D eigenvalue weighted by atomic mass is 10.0. The SMILES string of the molecule is CCn1c2ccccc2c(=O)c2cc3[nH]c4c(N(C)C)cccc4c(=O)c3cc21. The van der Waals surface area contributed by atoms with Gasteiger partial charge in [0.2, 0.25) is 0 Å². The van der Waals surface area contributed by atoms with Crippen LogP contribution in [0.25, 0.3) is 43.6 Å². The molecule has 0 aliphatic carbocycles. The van der Waals surface area contributed by atoms with Crippen LogP contribution in [0.2, 0.25) is 0 Å². The van der Waals surface area contributed by atoms with E-state index in [9.17, 15) is 9.59 Å². The van der Waals surface area contributed by atoms with E-state index in [1.807, 2.05) is 73.6 Å².